The second kappa shape index (κ2) is 8.28. The van der Waals surface area contributed by atoms with Crippen molar-refractivity contribution in [2.24, 2.45) is 0 Å². The number of nitrogens with one attached hydrogen (secondary N) is 2. The van der Waals surface area contributed by atoms with Crippen LogP contribution in [0, 0.1) is 0 Å². The molecule has 0 bridgehead atoms. The van der Waals surface area contributed by atoms with E-state index in [4.69, 9.17) is 0 Å². The Morgan fingerprint density at radius 3 is 2.15 bits per heavy atom. The Morgan fingerprint density at radius 2 is 1.48 bits per heavy atom. The van der Waals surface area contributed by atoms with Crippen LogP contribution in [0.4, 0.5) is 11.4 Å². The minimum atomic E-state index is -3.66. The first-order valence-electron chi connectivity index (χ1n) is 8.12. The summed E-state index contributed by atoms with van der Waals surface area (Å²) < 4.78 is 27.2. The van der Waals surface area contributed by atoms with Gasteiger partial charge in [-0.05, 0) is 54.8 Å². The SMILES string of the molecule is CSc1ccccc1NC(=O)c1ccc(NS(=O)(=O)c2ccccc2)cc1. The van der Waals surface area contributed by atoms with Gasteiger partial charge in [-0.1, -0.05) is 30.3 Å². The average Bonchev–Trinajstić information content (AvgIpc) is 2.69. The molecule has 0 saturated carbocycles. The minimum absolute atomic E-state index is 0.181. The van der Waals surface area contributed by atoms with Gasteiger partial charge in [0.25, 0.3) is 15.9 Å². The molecule has 5 nitrogen and oxygen atoms in total. The Bertz CT molecular complexity index is 1030. The summed E-state index contributed by atoms with van der Waals surface area (Å²) in [4.78, 5) is 13.6. The van der Waals surface area contributed by atoms with Gasteiger partial charge in [0.2, 0.25) is 0 Å². The minimum Gasteiger partial charge on any atom is -0.321 e. The number of hydrogen-bond acceptors (Lipinski definition) is 4. The smallest absolute Gasteiger partial charge is 0.261 e. The fraction of sp³-hybridized carbons (Fsp3) is 0.0500. The van der Waals surface area contributed by atoms with Gasteiger partial charge in [-0.3, -0.25) is 9.52 Å². The van der Waals surface area contributed by atoms with Gasteiger partial charge >= 0.3 is 0 Å². The number of anilines is 2. The number of thioether (sulfide) groups is 1. The molecule has 0 aliphatic heterocycles. The van der Waals surface area contributed by atoms with Crippen LogP contribution < -0.4 is 10.0 Å². The van der Waals surface area contributed by atoms with E-state index in [1.807, 2.05) is 30.5 Å². The normalized spacial score (nSPS) is 11.0. The number of sulfonamides is 1. The summed E-state index contributed by atoms with van der Waals surface area (Å²) in [6.07, 6.45) is 1.94. The van der Waals surface area contributed by atoms with E-state index in [0.717, 1.165) is 10.6 Å². The number of benzene rings is 3. The van der Waals surface area contributed by atoms with Gasteiger partial charge < -0.3 is 5.32 Å². The lowest BCUT2D eigenvalue weighted by Gasteiger charge is -2.11. The average molecular weight is 399 g/mol. The van der Waals surface area contributed by atoms with E-state index in [1.165, 1.54) is 12.1 Å². The molecule has 0 spiro atoms. The molecule has 0 atom stereocenters. The van der Waals surface area contributed by atoms with Crippen LogP contribution in [-0.4, -0.2) is 20.6 Å². The van der Waals surface area contributed by atoms with Crippen molar-refractivity contribution in [2.75, 3.05) is 16.3 Å². The van der Waals surface area contributed by atoms with Crippen LogP contribution in [0.25, 0.3) is 0 Å². The Balaban J connectivity index is 1.72. The number of para-hydroxylation sites is 1. The maximum Gasteiger partial charge on any atom is 0.261 e. The standard InChI is InChI=1S/C20H18N2O3S2/c1-26-19-10-6-5-9-18(19)21-20(23)15-11-13-16(14-12-15)22-27(24,25)17-7-3-2-4-8-17/h2-14,22H,1H3,(H,21,23). The molecule has 0 aliphatic rings. The van der Waals surface area contributed by atoms with Crippen LogP contribution in [0.15, 0.2) is 88.7 Å². The van der Waals surface area contributed by atoms with Gasteiger partial charge in [0.05, 0.1) is 10.6 Å². The zero-order valence-corrected chi connectivity index (χ0v) is 16.2. The van der Waals surface area contributed by atoms with E-state index in [9.17, 15) is 13.2 Å². The molecule has 0 fully saturated rings. The Labute approximate surface area is 162 Å². The van der Waals surface area contributed by atoms with Crippen LogP contribution in [0.3, 0.4) is 0 Å². The van der Waals surface area contributed by atoms with E-state index in [1.54, 1.807) is 54.2 Å². The fourth-order valence-corrected chi connectivity index (χ4v) is 4.08. The van der Waals surface area contributed by atoms with Crippen molar-refractivity contribution in [3.63, 3.8) is 0 Å². The van der Waals surface area contributed by atoms with Gasteiger partial charge in [-0.2, -0.15) is 0 Å². The molecule has 7 heteroatoms. The van der Waals surface area contributed by atoms with Crippen LogP contribution in [0.1, 0.15) is 10.4 Å². The summed E-state index contributed by atoms with van der Waals surface area (Å²) in [7, 11) is -3.66. The molecule has 138 valence electrons. The first kappa shape index (κ1) is 19.0. The molecular weight excluding hydrogens is 380 g/mol. The zero-order chi connectivity index (χ0) is 19.3. The van der Waals surface area contributed by atoms with Crippen molar-refractivity contribution in [1.82, 2.24) is 0 Å². The predicted molar refractivity (Wildman–Crippen MR) is 110 cm³/mol. The molecule has 27 heavy (non-hydrogen) atoms. The molecule has 0 heterocycles. The highest BCUT2D eigenvalue weighted by atomic mass is 32.2. The summed E-state index contributed by atoms with van der Waals surface area (Å²) in [6.45, 7) is 0. The van der Waals surface area contributed by atoms with Crippen LogP contribution in [-0.2, 0) is 10.0 Å². The summed E-state index contributed by atoms with van der Waals surface area (Å²) in [5.74, 6) is -0.256. The third-order valence-electron chi connectivity index (χ3n) is 3.81. The van der Waals surface area contributed by atoms with Crippen molar-refractivity contribution in [1.29, 1.82) is 0 Å². The lowest BCUT2D eigenvalue weighted by molar-refractivity contribution is 0.102. The lowest BCUT2D eigenvalue weighted by atomic mass is 10.2. The highest BCUT2D eigenvalue weighted by molar-refractivity contribution is 7.98. The van der Waals surface area contributed by atoms with E-state index < -0.39 is 10.0 Å². The molecule has 3 rings (SSSR count). The molecule has 0 aromatic heterocycles. The highest BCUT2D eigenvalue weighted by Crippen LogP contribution is 2.25. The molecule has 2 N–H and O–H groups in total. The number of carbonyl (C=O) groups is 1. The molecule has 0 unspecified atom stereocenters. The van der Waals surface area contributed by atoms with Crippen molar-refractivity contribution < 1.29 is 13.2 Å². The van der Waals surface area contributed by atoms with Crippen molar-refractivity contribution in [3.05, 3.63) is 84.4 Å². The second-order valence-electron chi connectivity index (χ2n) is 5.65. The monoisotopic (exact) mass is 398 g/mol. The number of amides is 1. The topological polar surface area (TPSA) is 75.3 Å². The molecule has 0 aliphatic carbocycles. The third kappa shape index (κ3) is 4.69. The molecule has 0 saturated heterocycles. The fourth-order valence-electron chi connectivity index (χ4n) is 2.45. The van der Waals surface area contributed by atoms with Gasteiger partial charge in [-0.25, -0.2) is 8.42 Å². The largest absolute Gasteiger partial charge is 0.321 e. The van der Waals surface area contributed by atoms with E-state index in [0.29, 0.717) is 11.3 Å². The van der Waals surface area contributed by atoms with Crippen LogP contribution in [0.2, 0.25) is 0 Å². The number of rotatable bonds is 6. The Kier molecular flexibility index (Phi) is 5.83. The van der Waals surface area contributed by atoms with E-state index in [2.05, 4.69) is 10.0 Å². The van der Waals surface area contributed by atoms with Gasteiger partial charge in [0, 0.05) is 16.1 Å². The summed E-state index contributed by atoms with van der Waals surface area (Å²) in [5, 5.41) is 2.87. The third-order valence-corrected chi connectivity index (χ3v) is 6.00. The first-order chi connectivity index (χ1) is 13.0. The van der Waals surface area contributed by atoms with Gasteiger partial charge in [-0.15, -0.1) is 11.8 Å². The van der Waals surface area contributed by atoms with E-state index >= 15 is 0 Å². The maximum absolute atomic E-state index is 12.4. The van der Waals surface area contributed by atoms with Gasteiger partial charge in [0.1, 0.15) is 0 Å². The van der Waals surface area contributed by atoms with Crippen LogP contribution in [0.5, 0.6) is 0 Å². The van der Waals surface area contributed by atoms with Crippen molar-refractivity contribution in [2.45, 2.75) is 9.79 Å². The molecular formula is C20H18N2O3S2. The number of hydrogen-bond donors (Lipinski definition) is 2. The highest BCUT2D eigenvalue weighted by Gasteiger charge is 2.14. The number of carbonyl (C=O) groups excluding carboxylic acids is 1. The first-order valence-corrected chi connectivity index (χ1v) is 10.8. The Hall–Kier alpha value is -2.77. The van der Waals surface area contributed by atoms with Crippen LogP contribution >= 0.6 is 11.8 Å². The maximum atomic E-state index is 12.4. The summed E-state index contributed by atoms with van der Waals surface area (Å²) in [6, 6.07) is 22.0. The molecule has 1 amide bonds. The summed E-state index contributed by atoms with van der Waals surface area (Å²) in [5.41, 5.74) is 1.57. The quantitative estimate of drug-likeness (QED) is 0.601. The Morgan fingerprint density at radius 1 is 0.852 bits per heavy atom. The molecule has 3 aromatic rings. The molecule has 3 aromatic carbocycles. The van der Waals surface area contributed by atoms with Gasteiger partial charge in [0.15, 0.2) is 0 Å². The van der Waals surface area contributed by atoms with Crippen molar-refractivity contribution in [3.8, 4) is 0 Å². The summed E-state index contributed by atoms with van der Waals surface area (Å²) >= 11 is 1.55. The molecule has 0 radical (unpaired) electrons. The second-order valence-corrected chi connectivity index (χ2v) is 8.18. The zero-order valence-electron chi connectivity index (χ0n) is 14.5. The van der Waals surface area contributed by atoms with Crippen molar-refractivity contribution >= 4 is 39.1 Å². The van der Waals surface area contributed by atoms with E-state index in [-0.39, 0.29) is 10.8 Å². The lowest BCUT2D eigenvalue weighted by Crippen LogP contribution is -2.14. The predicted octanol–water partition coefficient (Wildman–Crippen LogP) is 4.46.